The smallest absolute Gasteiger partial charge is 0.255 e. The van der Waals surface area contributed by atoms with Crippen molar-refractivity contribution >= 4 is 34.8 Å². The van der Waals surface area contributed by atoms with E-state index in [9.17, 15) is 9.59 Å². The number of amides is 2. The van der Waals surface area contributed by atoms with Gasteiger partial charge in [-0.1, -0.05) is 49.1 Å². The molecule has 1 saturated carbocycles. The van der Waals surface area contributed by atoms with Crippen LogP contribution in [-0.4, -0.2) is 42.9 Å². The van der Waals surface area contributed by atoms with E-state index in [0.29, 0.717) is 23.2 Å². The fourth-order valence-electron chi connectivity index (χ4n) is 4.49. The summed E-state index contributed by atoms with van der Waals surface area (Å²) in [6, 6.07) is 13.6. The molecule has 0 atom stereocenters. The number of carbonyl (C=O) groups is 2. The molecule has 2 aliphatic rings. The molecule has 5 nitrogen and oxygen atoms in total. The Morgan fingerprint density at radius 3 is 2.67 bits per heavy atom. The molecule has 2 aromatic carbocycles. The highest BCUT2D eigenvalue weighted by Crippen LogP contribution is 2.28. The number of nitrogens with one attached hydrogen (secondary N) is 1. The van der Waals surface area contributed by atoms with Gasteiger partial charge in [-0.05, 0) is 49.1 Å². The number of nitrogens with zero attached hydrogens (tertiary/aromatic N) is 2. The van der Waals surface area contributed by atoms with Crippen LogP contribution in [-0.2, 0) is 11.2 Å². The second-order valence-electron chi connectivity index (χ2n) is 8.18. The van der Waals surface area contributed by atoms with E-state index in [2.05, 4.69) is 11.4 Å². The monoisotopic (exact) mass is 425 g/mol. The van der Waals surface area contributed by atoms with Gasteiger partial charge in [0.25, 0.3) is 5.91 Å². The highest BCUT2D eigenvalue weighted by Gasteiger charge is 2.25. The molecule has 30 heavy (non-hydrogen) atoms. The average Bonchev–Trinajstić information content (AvgIpc) is 3.21. The molecule has 1 heterocycles. The quantitative estimate of drug-likeness (QED) is 0.752. The van der Waals surface area contributed by atoms with Gasteiger partial charge in [0, 0.05) is 31.0 Å². The summed E-state index contributed by atoms with van der Waals surface area (Å²) in [6.07, 6.45) is 6.60. The summed E-state index contributed by atoms with van der Waals surface area (Å²) >= 11 is 6.43. The molecule has 6 heteroatoms. The summed E-state index contributed by atoms with van der Waals surface area (Å²) in [5.41, 5.74) is 3.45. The maximum atomic E-state index is 12.9. The molecule has 1 fully saturated rings. The number of benzene rings is 2. The Labute approximate surface area is 183 Å². The molecule has 2 aromatic rings. The van der Waals surface area contributed by atoms with Crippen molar-refractivity contribution in [3.05, 3.63) is 58.6 Å². The molecule has 0 saturated heterocycles. The highest BCUT2D eigenvalue weighted by atomic mass is 35.5. The zero-order valence-electron chi connectivity index (χ0n) is 17.4. The summed E-state index contributed by atoms with van der Waals surface area (Å²) in [6.45, 7) is 0.890. The fourth-order valence-corrected chi connectivity index (χ4v) is 4.75. The predicted octanol–water partition coefficient (Wildman–Crippen LogP) is 4.75. The molecule has 0 radical (unpaired) electrons. The third kappa shape index (κ3) is 4.31. The Balaban J connectivity index is 1.37. The van der Waals surface area contributed by atoms with Crippen LogP contribution in [0.25, 0.3) is 0 Å². The van der Waals surface area contributed by atoms with Crippen LogP contribution in [0.2, 0.25) is 5.02 Å². The van der Waals surface area contributed by atoms with Crippen LogP contribution in [0.1, 0.15) is 48.0 Å². The Hall–Kier alpha value is -2.53. The minimum absolute atomic E-state index is 0.0215. The van der Waals surface area contributed by atoms with Gasteiger partial charge >= 0.3 is 0 Å². The van der Waals surface area contributed by atoms with Crippen molar-refractivity contribution in [1.29, 1.82) is 0 Å². The van der Waals surface area contributed by atoms with Gasteiger partial charge in [-0.15, -0.1) is 0 Å². The van der Waals surface area contributed by atoms with E-state index in [1.807, 2.05) is 41.1 Å². The first kappa shape index (κ1) is 20.7. The molecule has 0 unspecified atom stereocenters. The Kier molecular flexibility index (Phi) is 6.28. The van der Waals surface area contributed by atoms with E-state index in [0.717, 1.165) is 30.6 Å². The Morgan fingerprint density at radius 1 is 1.13 bits per heavy atom. The fraction of sp³-hybridized carbons (Fsp3) is 0.417. The molecule has 2 amide bonds. The number of rotatable bonds is 5. The third-order valence-corrected chi connectivity index (χ3v) is 6.59. The van der Waals surface area contributed by atoms with Crippen LogP contribution in [0.4, 0.5) is 11.4 Å². The first-order valence-corrected chi connectivity index (χ1v) is 11.1. The largest absolute Gasteiger partial charge is 0.376 e. The lowest BCUT2D eigenvalue weighted by Gasteiger charge is -2.31. The molecule has 0 bridgehead atoms. The van der Waals surface area contributed by atoms with Crippen molar-refractivity contribution in [3.8, 4) is 0 Å². The van der Waals surface area contributed by atoms with Gasteiger partial charge in [0.2, 0.25) is 5.91 Å². The zero-order valence-corrected chi connectivity index (χ0v) is 18.1. The van der Waals surface area contributed by atoms with E-state index in [4.69, 9.17) is 11.6 Å². The lowest BCUT2D eigenvalue weighted by atomic mass is 9.94. The molecule has 1 aliphatic carbocycles. The number of anilines is 2. The van der Waals surface area contributed by atoms with E-state index >= 15 is 0 Å². The van der Waals surface area contributed by atoms with Crippen molar-refractivity contribution in [2.75, 3.05) is 30.4 Å². The van der Waals surface area contributed by atoms with Gasteiger partial charge in [-0.3, -0.25) is 9.59 Å². The van der Waals surface area contributed by atoms with Gasteiger partial charge < -0.3 is 15.1 Å². The van der Waals surface area contributed by atoms with E-state index < -0.39 is 0 Å². The molecule has 0 spiro atoms. The van der Waals surface area contributed by atoms with Crippen molar-refractivity contribution in [2.24, 2.45) is 0 Å². The van der Waals surface area contributed by atoms with Crippen LogP contribution in [0.5, 0.6) is 0 Å². The van der Waals surface area contributed by atoms with Crippen LogP contribution in [0.3, 0.4) is 0 Å². The number of halogens is 1. The minimum Gasteiger partial charge on any atom is -0.376 e. The maximum absolute atomic E-state index is 12.9. The molecule has 4 rings (SSSR count). The van der Waals surface area contributed by atoms with E-state index in [1.165, 1.54) is 24.8 Å². The summed E-state index contributed by atoms with van der Waals surface area (Å²) < 4.78 is 0. The van der Waals surface area contributed by atoms with Crippen molar-refractivity contribution in [1.82, 2.24) is 4.90 Å². The van der Waals surface area contributed by atoms with Crippen LogP contribution < -0.4 is 10.2 Å². The highest BCUT2D eigenvalue weighted by molar-refractivity contribution is 6.34. The maximum Gasteiger partial charge on any atom is 0.255 e. The molecule has 0 aromatic heterocycles. The Morgan fingerprint density at radius 2 is 1.90 bits per heavy atom. The van der Waals surface area contributed by atoms with Gasteiger partial charge in [-0.2, -0.15) is 0 Å². The zero-order chi connectivity index (χ0) is 21.1. The SMILES string of the molecule is CN(C(=O)c1ccc(NCC(=O)N2CCc3ccccc32)cc1Cl)C1CCCCC1. The first-order chi connectivity index (χ1) is 14.5. The van der Waals surface area contributed by atoms with Gasteiger partial charge in [0.15, 0.2) is 0 Å². The van der Waals surface area contributed by atoms with E-state index in [1.54, 1.807) is 12.1 Å². The van der Waals surface area contributed by atoms with Gasteiger partial charge in [-0.25, -0.2) is 0 Å². The second kappa shape index (κ2) is 9.09. The standard InChI is InChI=1S/C24H28ClN3O2/c1-27(19-8-3-2-4-9-19)24(30)20-12-11-18(15-21(20)25)26-16-23(29)28-14-13-17-7-5-6-10-22(17)28/h5-7,10-12,15,19,26H,2-4,8-9,13-14,16H2,1H3. The predicted molar refractivity (Wildman–Crippen MR) is 121 cm³/mol. The van der Waals surface area contributed by atoms with Gasteiger partial charge in [0.05, 0.1) is 17.1 Å². The van der Waals surface area contributed by atoms with E-state index in [-0.39, 0.29) is 18.4 Å². The minimum atomic E-state index is -0.0387. The van der Waals surface area contributed by atoms with Gasteiger partial charge in [0.1, 0.15) is 0 Å². The topological polar surface area (TPSA) is 52.7 Å². The van der Waals surface area contributed by atoms with Crippen molar-refractivity contribution in [3.63, 3.8) is 0 Å². The lowest BCUT2D eigenvalue weighted by Crippen LogP contribution is -2.38. The summed E-state index contributed by atoms with van der Waals surface area (Å²) in [5.74, 6) is -0.0172. The number of fused-ring (bicyclic) bond motifs is 1. The molecular weight excluding hydrogens is 398 g/mol. The lowest BCUT2D eigenvalue weighted by molar-refractivity contribution is -0.116. The summed E-state index contributed by atoms with van der Waals surface area (Å²) in [7, 11) is 1.87. The third-order valence-electron chi connectivity index (χ3n) is 6.27. The molecule has 158 valence electrons. The second-order valence-corrected chi connectivity index (χ2v) is 8.59. The van der Waals surface area contributed by atoms with Crippen LogP contribution in [0.15, 0.2) is 42.5 Å². The average molecular weight is 426 g/mol. The molecule has 1 aliphatic heterocycles. The van der Waals surface area contributed by atoms with Crippen molar-refractivity contribution < 1.29 is 9.59 Å². The first-order valence-electron chi connectivity index (χ1n) is 10.7. The number of carbonyl (C=O) groups excluding carboxylic acids is 2. The summed E-state index contributed by atoms with van der Waals surface area (Å²) in [4.78, 5) is 29.2. The number of para-hydroxylation sites is 1. The molecule has 1 N–H and O–H groups in total. The van der Waals surface area contributed by atoms with Crippen LogP contribution in [0, 0.1) is 0 Å². The van der Waals surface area contributed by atoms with Crippen molar-refractivity contribution in [2.45, 2.75) is 44.6 Å². The molecular formula is C24H28ClN3O2. The number of hydrogen-bond acceptors (Lipinski definition) is 3. The van der Waals surface area contributed by atoms with Crippen LogP contribution >= 0.6 is 11.6 Å². The summed E-state index contributed by atoms with van der Waals surface area (Å²) in [5, 5.41) is 3.56. The number of hydrogen-bond donors (Lipinski definition) is 1. The normalized spacial score (nSPS) is 16.3. The Bertz CT molecular complexity index is 940.